The van der Waals surface area contributed by atoms with Gasteiger partial charge in [0.25, 0.3) is 0 Å². The number of rotatable bonds is 6. The van der Waals surface area contributed by atoms with E-state index >= 15 is 0 Å². The minimum atomic E-state index is -4.55. The monoisotopic (exact) mass is 470 g/mol. The SMILES string of the molecule is CN(NC(=O)N/C=N/OCc1ccc(Cl)cc1Cl)c1[nH+]cc(C(F)(F)F)cc1Cl. The highest BCUT2D eigenvalue weighted by molar-refractivity contribution is 6.35. The molecule has 0 spiro atoms. The first-order valence-corrected chi connectivity index (χ1v) is 8.88. The van der Waals surface area contributed by atoms with E-state index in [1.807, 2.05) is 0 Å². The number of amides is 2. The van der Waals surface area contributed by atoms with E-state index in [-0.39, 0.29) is 17.4 Å². The molecule has 0 saturated carbocycles. The molecule has 0 aliphatic rings. The molecule has 0 atom stereocenters. The summed E-state index contributed by atoms with van der Waals surface area (Å²) in [6.07, 6.45) is -2.84. The van der Waals surface area contributed by atoms with E-state index in [1.54, 1.807) is 18.2 Å². The van der Waals surface area contributed by atoms with Crippen molar-refractivity contribution in [3.8, 4) is 0 Å². The molecular formula is C16H14Cl3F3N5O2+. The molecule has 13 heteroatoms. The average Bonchev–Trinajstić information content (AvgIpc) is 2.62. The van der Waals surface area contributed by atoms with Gasteiger partial charge in [0.2, 0.25) is 0 Å². The molecule has 7 nitrogen and oxygen atoms in total. The first-order valence-electron chi connectivity index (χ1n) is 7.75. The molecule has 2 aromatic rings. The number of benzene rings is 1. The van der Waals surface area contributed by atoms with Crippen molar-refractivity contribution in [2.24, 2.45) is 5.16 Å². The molecule has 0 aliphatic heterocycles. The second kappa shape index (κ2) is 9.86. The summed E-state index contributed by atoms with van der Waals surface area (Å²) in [5, 5.41) is 7.54. The van der Waals surface area contributed by atoms with Crippen LogP contribution < -0.4 is 20.7 Å². The summed E-state index contributed by atoms with van der Waals surface area (Å²) in [5.74, 6) is 0.0420. The van der Waals surface area contributed by atoms with Gasteiger partial charge in [-0.25, -0.2) is 9.78 Å². The van der Waals surface area contributed by atoms with Crippen LogP contribution in [-0.4, -0.2) is 19.4 Å². The standard InChI is InChI=1S/C16H13Cl3F3N5O2/c1-27(14-13(19)4-10(6-23-14)16(20,21)22)26-15(28)24-8-25-29-7-9-2-3-11(17)5-12(9)18/h2-6,8H,7H2,1H3,(H2,24,25,26,28)/p+1. The number of nitrogens with one attached hydrogen (secondary N) is 3. The van der Waals surface area contributed by atoms with Crippen LogP contribution in [0, 0.1) is 0 Å². The second-order valence-electron chi connectivity index (χ2n) is 5.47. The molecular weight excluding hydrogens is 458 g/mol. The number of aromatic amines is 1. The highest BCUT2D eigenvalue weighted by atomic mass is 35.5. The zero-order valence-electron chi connectivity index (χ0n) is 14.6. The number of hydrazine groups is 1. The van der Waals surface area contributed by atoms with Crippen molar-refractivity contribution in [2.45, 2.75) is 12.8 Å². The number of oxime groups is 1. The number of hydrogen-bond donors (Lipinski definition) is 2. The van der Waals surface area contributed by atoms with Gasteiger partial charge in [0.15, 0.2) is 0 Å². The Morgan fingerprint density at radius 1 is 1.28 bits per heavy atom. The minimum Gasteiger partial charge on any atom is -0.390 e. The molecule has 0 unspecified atom stereocenters. The fourth-order valence-electron chi connectivity index (χ4n) is 1.99. The lowest BCUT2D eigenvalue weighted by atomic mass is 10.2. The lowest BCUT2D eigenvalue weighted by molar-refractivity contribution is -0.367. The summed E-state index contributed by atoms with van der Waals surface area (Å²) >= 11 is 17.6. The quantitative estimate of drug-likeness (QED) is 0.375. The largest absolute Gasteiger partial charge is 0.419 e. The maximum absolute atomic E-state index is 12.6. The van der Waals surface area contributed by atoms with Crippen molar-refractivity contribution in [1.82, 2.24) is 10.7 Å². The summed E-state index contributed by atoms with van der Waals surface area (Å²) < 4.78 is 37.9. The van der Waals surface area contributed by atoms with E-state index in [9.17, 15) is 18.0 Å². The molecule has 0 bridgehead atoms. The van der Waals surface area contributed by atoms with Crippen LogP contribution in [0.15, 0.2) is 35.6 Å². The van der Waals surface area contributed by atoms with Crippen LogP contribution in [0.5, 0.6) is 0 Å². The summed E-state index contributed by atoms with van der Waals surface area (Å²) in [5.41, 5.74) is 2.02. The summed E-state index contributed by atoms with van der Waals surface area (Å²) in [6, 6.07) is 4.85. The van der Waals surface area contributed by atoms with Crippen molar-refractivity contribution in [3.05, 3.63) is 56.7 Å². The summed E-state index contributed by atoms with van der Waals surface area (Å²) in [4.78, 5) is 19.2. The molecule has 2 amide bonds. The fourth-order valence-corrected chi connectivity index (χ4v) is 2.75. The topological polar surface area (TPSA) is 80.1 Å². The van der Waals surface area contributed by atoms with E-state index in [0.717, 1.165) is 23.6 Å². The van der Waals surface area contributed by atoms with Gasteiger partial charge in [0.05, 0.1) is 5.56 Å². The first-order chi connectivity index (χ1) is 13.6. The number of hydrogen-bond acceptors (Lipinski definition) is 4. The van der Waals surface area contributed by atoms with Crippen molar-refractivity contribution >= 4 is 53.0 Å². The van der Waals surface area contributed by atoms with Gasteiger partial charge in [0.1, 0.15) is 31.2 Å². The maximum atomic E-state index is 12.6. The van der Waals surface area contributed by atoms with Crippen LogP contribution in [0.1, 0.15) is 11.1 Å². The second-order valence-corrected chi connectivity index (χ2v) is 6.72. The van der Waals surface area contributed by atoms with Gasteiger partial charge < -0.3 is 4.84 Å². The number of carbonyl (C=O) groups excluding carboxylic acids is 1. The van der Waals surface area contributed by atoms with Crippen molar-refractivity contribution in [1.29, 1.82) is 0 Å². The third-order valence-electron chi connectivity index (χ3n) is 3.36. The van der Waals surface area contributed by atoms with Crippen LogP contribution in [0.3, 0.4) is 0 Å². The molecule has 2 rings (SSSR count). The average molecular weight is 472 g/mol. The Bertz CT molecular complexity index is 912. The number of nitrogens with zero attached hydrogens (tertiary/aromatic N) is 2. The maximum Gasteiger partial charge on any atom is 0.419 e. The van der Waals surface area contributed by atoms with E-state index in [4.69, 9.17) is 39.6 Å². The fraction of sp³-hybridized carbons (Fsp3) is 0.188. The van der Waals surface area contributed by atoms with E-state index in [1.165, 1.54) is 7.05 Å². The lowest BCUT2D eigenvalue weighted by Crippen LogP contribution is -2.47. The van der Waals surface area contributed by atoms with Crippen LogP contribution in [0.4, 0.5) is 23.8 Å². The smallest absolute Gasteiger partial charge is 0.390 e. The van der Waals surface area contributed by atoms with Crippen LogP contribution in [0.2, 0.25) is 15.1 Å². The number of H-pyrrole nitrogens is 1. The number of anilines is 1. The Hall–Kier alpha value is -2.43. The van der Waals surface area contributed by atoms with Crippen LogP contribution >= 0.6 is 34.8 Å². The number of aromatic nitrogens is 1. The molecule has 1 aromatic carbocycles. The molecule has 0 radical (unpaired) electrons. The van der Waals surface area contributed by atoms with Gasteiger partial charge in [-0.2, -0.15) is 23.6 Å². The molecule has 29 heavy (non-hydrogen) atoms. The van der Waals surface area contributed by atoms with Crippen molar-refractivity contribution < 1.29 is 27.8 Å². The Morgan fingerprint density at radius 2 is 2.00 bits per heavy atom. The van der Waals surface area contributed by atoms with E-state index in [2.05, 4.69) is 20.9 Å². The number of alkyl halides is 3. The number of urea groups is 1. The highest BCUT2D eigenvalue weighted by Gasteiger charge is 2.33. The summed E-state index contributed by atoms with van der Waals surface area (Å²) in [6.45, 7) is 0.0474. The van der Waals surface area contributed by atoms with E-state index in [0.29, 0.717) is 15.6 Å². The van der Waals surface area contributed by atoms with Gasteiger partial charge in [-0.1, -0.05) is 46.0 Å². The van der Waals surface area contributed by atoms with Gasteiger partial charge in [-0.15, -0.1) is 0 Å². The van der Waals surface area contributed by atoms with Crippen LogP contribution in [-0.2, 0) is 17.6 Å². The lowest BCUT2D eigenvalue weighted by Gasteiger charge is -2.13. The Kier molecular flexibility index (Phi) is 7.77. The van der Waals surface area contributed by atoms with Crippen LogP contribution in [0.25, 0.3) is 0 Å². The van der Waals surface area contributed by atoms with E-state index < -0.39 is 17.8 Å². The Labute approximate surface area is 178 Å². The summed E-state index contributed by atoms with van der Waals surface area (Å²) in [7, 11) is 1.38. The predicted molar refractivity (Wildman–Crippen MR) is 103 cm³/mol. The highest BCUT2D eigenvalue weighted by Crippen LogP contribution is 2.31. The van der Waals surface area contributed by atoms with Gasteiger partial charge in [-0.3, -0.25) is 5.32 Å². The Balaban J connectivity index is 1.83. The predicted octanol–water partition coefficient (Wildman–Crippen LogP) is 4.29. The van der Waals surface area contributed by atoms with Gasteiger partial charge in [-0.05, 0) is 18.2 Å². The number of halogens is 6. The van der Waals surface area contributed by atoms with Crippen molar-refractivity contribution in [3.63, 3.8) is 0 Å². The third kappa shape index (κ3) is 6.84. The molecule has 0 saturated heterocycles. The van der Waals surface area contributed by atoms with Gasteiger partial charge >= 0.3 is 18.0 Å². The normalized spacial score (nSPS) is 11.4. The van der Waals surface area contributed by atoms with Gasteiger partial charge in [0, 0.05) is 15.6 Å². The van der Waals surface area contributed by atoms with Crippen molar-refractivity contribution in [2.75, 3.05) is 12.1 Å². The zero-order chi connectivity index (χ0) is 21.6. The zero-order valence-corrected chi connectivity index (χ0v) is 16.9. The minimum absolute atomic E-state index is 0.0420. The molecule has 1 heterocycles. The number of pyridine rings is 1. The molecule has 1 aromatic heterocycles. The Morgan fingerprint density at radius 3 is 2.62 bits per heavy atom. The first kappa shape index (κ1) is 22.9. The molecule has 3 N–H and O–H groups in total. The third-order valence-corrected chi connectivity index (χ3v) is 4.24. The molecule has 156 valence electrons. The molecule has 0 aliphatic carbocycles. The molecule has 0 fully saturated rings. The number of carbonyl (C=O) groups is 1.